The summed E-state index contributed by atoms with van der Waals surface area (Å²) in [4.78, 5) is 19.2. The highest BCUT2D eigenvalue weighted by Crippen LogP contribution is 2.28. The Bertz CT molecular complexity index is 932. The van der Waals surface area contributed by atoms with Gasteiger partial charge in [0.2, 0.25) is 11.1 Å². The van der Waals surface area contributed by atoms with Gasteiger partial charge in [0.05, 0.1) is 10.8 Å². The van der Waals surface area contributed by atoms with Crippen molar-refractivity contribution in [2.75, 3.05) is 13.1 Å². The summed E-state index contributed by atoms with van der Waals surface area (Å²) in [5.74, 6) is 0.169. The van der Waals surface area contributed by atoms with E-state index in [9.17, 15) is 4.79 Å². The lowest BCUT2D eigenvalue weighted by Crippen LogP contribution is -2.34. The Morgan fingerprint density at radius 1 is 1.24 bits per heavy atom. The van der Waals surface area contributed by atoms with Crippen molar-refractivity contribution in [2.24, 2.45) is 0 Å². The highest BCUT2D eigenvalue weighted by molar-refractivity contribution is 8.00. The molecule has 3 aromatic rings. The quantitative estimate of drug-likeness (QED) is 0.673. The number of likely N-dealkylation sites (tertiary alicyclic amines) is 1. The predicted octanol–water partition coefficient (Wildman–Crippen LogP) is 3.10. The number of thioether (sulfide) groups is 1. The number of fused-ring (bicyclic) bond motifs is 3. The fourth-order valence-electron chi connectivity index (χ4n) is 3.46. The van der Waals surface area contributed by atoms with E-state index in [0.717, 1.165) is 54.5 Å². The number of rotatable bonds is 4. The molecule has 3 heterocycles. The molecule has 0 N–H and O–H groups in total. The second-order valence-electron chi connectivity index (χ2n) is 6.32. The van der Waals surface area contributed by atoms with Gasteiger partial charge in [-0.2, -0.15) is 0 Å². The van der Waals surface area contributed by atoms with Gasteiger partial charge in [0.25, 0.3) is 0 Å². The zero-order valence-corrected chi connectivity index (χ0v) is 15.3. The zero-order chi connectivity index (χ0) is 17.4. The Hall–Kier alpha value is -2.15. The van der Waals surface area contributed by atoms with E-state index in [1.54, 1.807) is 0 Å². The summed E-state index contributed by atoms with van der Waals surface area (Å²) in [6.07, 6.45) is 2.20. The molecule has 0 spiro atoms. The molecule has 4 rings (SSSR count). The van der Waals surface area contributed by atoms with Crippen molar-refractivity contribution >= 4 is 39.7 Å². The number of hydrogen-bond acceptors (Lipinski definition) is 5. The average Bonchev–Trinajstić information content (AvgIpc) is 3.27. The Labute approximate surface area is 150 Å². The molecule has 1 amide bonds. The monoisotopic (exact) mass is 355 g/mol. The highest BCUT2D eigenvalue weighted by Gasteiger charge is 2.25. The highest BCUT2D eigenvalue weighted by atomic mass is 32.2. The Kier molecular flexibility index (Phi) is 4.33. The number of carbonyl (C=O) groups excluding carboxylic acids is 1. The van der Waals surface area contributed by atoms with Crippen LogP contribution in [0.2, 0.25) is 0 Å². The van der Waals surface area contributed by atoms with Crippen LogP contribution in [0.4, 0.5) is 0 Å². The molecule has 0 unspecified atom stereocenters. The summed E-state index contributed by atoms with van der Waals surface area (Å²) in [5, 5.41) is 10.1. The molecule has 1 aromatic carbocycles. The Balaban J connectivity index is 1.66. The van der Waals surface area contributed by atoms with Gasteiger partial charge in [-0.05, 0) is 32.8 Å². The molecule has 1 atom stereocenters. The van der Waals surface area contributed by atoms with Crippen molar-refractivity contribution in [1.82, 2.24) is 24.6 Å². The third-order valence-electron chi connectivity index (χ3n) is 4.72. The van der Waals surface area contributed by atoms with Gasteiger partial charge >= 0.3 is 0 Å². The molecular formula is C18H21N5OS. The summed E-state index contributed by atoms with van der Waals surface area (Å²) in [6, 6.07) is 8.15. The molecule has 7 heteroatoms. The van der Waals surface area contributed by atoms with Crippen molar-refractivity contribution in [3.05, 3.63) is 24.3 Å². The fourth-order valence-corrected chi connectivity index (χ4v) is 4.26. The van der Waals surface area contributed by atoms with Gasteiger partial charge in [-0.15, -0.1) is 10.2 Å². The first-order valence-electron chi connectivity index (χ1n) is 8.76. The summed E-state index contributed by atoms with van der Waals surface area (Å²) < 4.78 is 2.15. The second kappa shape index (κ2) is 6.63. The molecule has 6 nitrogen and oxygen atoms in total. The van der Waals surface area contributed by atoms with Crippen molar-refractivity contribution in [1.29, 1.82) is 0 Å². The third-order valence-corrected chi connectivity index (χ3v) is 5.66. The molecule has 0 aliphatic carbocycles. The van der Waals surface area contributed by atoms with Gasteiger partial charge < -0.3 is 9.47 Å². The lowest BCUT2D eigenvalue weighted by molar-refractivity contribution is -0.129. The summed E-state index contributed by atoms with van der Waals surface area (Å²) in [5.41, 5.74) is 2.77. The standard InChI is InChI=1S/C18H21N5OS/c1-3-23-14-9-5-4-8-13(14)15-16(23)19-18(21-20-15)25-12(2)17(24)22-10-6-7-11-22/h4-5,8-9,12H,3,6-7,10-11H2,1-2H3/t12-/m0/s1. The number of benzene rings is 1. The zero-order valence-electron chi connectivity index (χ0n) is 14.5. The molecule has 0 bridgehead atoms. The number of nitrogens with zero attached hydrogens (tertiary/aromatic N) is 5. The van der Waals surface area contributed by atoms with Gasteiger partial charge in [0.1, 0.15) is 5.52 Å². The second-order valence-corrected chi connectivity index (χ2v) is 7.63. The van der Waals surface area contributed by atoms with Crippen LogP contribution < -0.4 is 0 Å². The first kappa shape index (κ1) is 16.3. The maximum atomic E-state index is 12.5. The van der Waals surface area contributed by atoms with Crippen molar-refractivity contribution in [2.45, 2.75) is 43.6 Å². The van der Waals surface area contributed by atoms with Crippen LogP contribution in [0.25, 0.3) is 22.1 Å². The fraction of sp³-hybridized carbons (Fsp3) is 0.444. The summed E-state index contributed by atoms with van der Waals surface area (Å²) in [6.45, 7) is 6.57. The van der Waals surface area contributed by atoms with Crippen LogP contribution in [0.3, 0.4) is 0 Å². The van der Waals surface area contributed by atoms with Crippen LogP contribution in [-0.2, 0) is 11.3 Å². The smallest absolute Gasteiger partial charge is 0.235 e. The molecule has 0 radical (unpaired) electrons. The molecule has 130 valence electrons. The Morgan fingerprint density at radius 3 is 2.76 bits per heavy atom. The number of hydrogen-bond donors (Lipinski definition) is 0. The van der Waals surface area contributed by atoms with Gasteiger partial charge in [-0.3, -0.25) is 4.79 Å². The summed E-state index contributed by atoms with van der Waals surface area (Å²) in [7, 11) is 0. The Morgan fingerprint density at radius 2 is 2.00 bits per heavy atom. The van der Waals surface area contributed by atoms with Gasteiger partial charge in [0, 0.05) is 25.0 Å². The number of amides is 1. The van der Waals surface area contributed by atoms with Crippen molar-refractivity contribution in [3.8, 4) is 0 Å². The number of aryl methyl sites for hydroxylation is 1. The van der Waals surface area contributed by atoms with Crippen LogP contribution in [0.15, 0.2) is 29.4 Å². The lowest BCUT2D eigenvalue weighted by Gasteiger charge is -2.19. The molecule has 1 aliphatic rings. The van der Waals surface area contributed by atoms with E-state index in [1.165, 1.54) is 11.8 Å². The van der Waals surface area contributed by atoms with E-state index in [0.29, 0.717) is 5.16 Å². The number of carbonyl (C=O) groups is 1. The molecule has 1 aliphatic heterocycles. The molecular weight excluding hydrogens is 334 g/mol. The first-order chi connectivity index (χ1) is 12.2. The van der Waals surface area contributed by atoms with E-state index < -0.39 is 0 Å². The summed E-state index contributed by atoms with van der Waals surface area (Å²) >= 11 is 1.39. The van der Waals surface area contributed by atoms with Crippen LogP contribution in [0.5, 0.6) is 0 Å². The van der Waals surface area contributed by atoms with E-state index in [-0.39, 0.29) is 11.2 Å². The topological polar surface area (TPSA) is 63.9 Å². The molecule has 1 saturated heterocycles. The number of aromatic nitrogens is 4. The van der Waals surface area contributed by atoms with E-state index >= 15 is 0 Å². The largest absolute Gasteiger partial charge is 0.342 e. The van der Waals surface area contributed by atoms with Gasteiger partial charge in [-0.1, -0.05) is 30.0 Å². The van der Waals surface area contributed by atoms with E-state index in [4.69, 9.17) is 4.98 Å². The van der Waals surface area contributed by atoms with Crippen LogP contribution >= 0.6 is 11.8 Å². The minimum Gasteiger partial charge on any atom is -0.342 e. The maximum Gasteiger partial charge on any atom is 0.235 e. The number of para-hydroxylation sites is 1. The molecule has 0 saturated carbocycles. The SMILES string of the molecule is CCn1c2ccccc2c2nnc(S[C@@H](C)C(=O)N3CCCC3)nc21. The van der Waals surface area contributed by atoms with Crippen LogP contribution in [-0.4, -0.2) is 48.9 Å². The lowest BCUT2D eigenvalue weighted by atomic mass is 10.2. The normalized spacial score (nSPS) is 16.0. The van der Waals surface area contributed by atoms with E-state index in [1.807, 2.05) is 30.0 Å². The predicted molar refractivity (Wildman–Crippen MR) is 99.6 cm³/mol. The third kappa shape index (κ3) is 2.86. The minimum atomic E-state index is -0.197. The average molecular weight is 355 g/mol. The maximum absolute atomic E-state index is 12.5. The molecule has 25 heavy (non-hydrogen) atoms. The van der Waals surface area contributed by atoms with Crippen molar-refractivity contribution in [3.63, 3.8) is 0 Å². The molecule has 2 aromatic heterocycles. The van der Waals surface area contributed by atoms with Crippen LogP contribution in [0, 0.1) is 0 Å². The van der Waals surface area contributed by atoms with Gasteiger partial charge in [-0.25, -0.2) is 4.98 Å². The molecule has 1 fully saturated rings. The van der Waals surface area contributed by atoms with Crippen LogP contribution in [0.1, 0.15) is 26.7 Å². The van der Waals surface area contributed by atoms with Gasteiger partial charge in [0.15, 0.2) is 5.65 Å². The first-order valence-corrected chi connectivity index (χ1v) is 9.64. The van der Waals surface area contributed by atoms with Crippen molar-refractivity contribution < 1.29 is 4.79 Å². The van der Waals surface area contributed by atoms with E-state index in [2.05, 4.69) is 27.8 Å². The minimum absolute atomic E-state index is 0.169.